The highest BCUT2D eigenvalue weighted by molar-refractivity contribution is 7.99. The molecular formula is C29H32Cl2FN7O2S. The number of aromatic nitrogens is 4. The van der Waals surface area contributed by atoms with Crippen LogP contribution in [0.15, 0.2) is 35.5 Å². The summed E-state index contributed by atoms with van der Waals surface area (Å²) in [4.78, 5) is 15.0. The third kappa shape index (κ3) is 8.01. The zero-order chi connectivity index (χ0) is 29.7. The summed E-state index contributed by atoms with van der Waals surface area (Å²) < 4.78 is 22.5. The van der Waals surface area contributed by atoms with Gasteiger partial charge in [0.1, 0.15) is 10.6 Å². The van der Waals surface area contributed by atoms with E-state index in [4.69, 9.17) is 27.9 Å². The second kappa shape index (κ2) is 13.7. The lowest BCUT2D eigenvalue weighted by molar-refractivity contribution is -0.113. The molecule has 222 valence electrons. The number of ether oxygens (including phenoxy) is 1. The number of nitrogens with zero attached hydrogens (tertiary/aromatic N) is 5. The number of halogens is 3. The lowest BCUT2D eigenvalue weighted by atomic mass is 10.1. The number of thioether (sulfide) groups is 1. The molecule has 2 N–H and O–H groups in total. The van der Waals surface area contributed by atoms with Crippen LogP contribution in [0.4, 0.5) is 10.1 Å². The predicted octanol–water partition coefficient (Wildman–Crippen LogP) is 4.77. The van der Waals surface area contributed by atoms with Gasteiger partial charge in [-0.05, 0) is 72.9 Å². The third-order valence-electron chi connectivity index (χ3n) is 6.96. The smallest absolute Gasteiger partial charge is 0.234 e. The lowest BCUT2D eigenvalue weighted by Crippen LogP contribution is -2.45. The second-order valence-electron chi connectivity index (χ2n) is 10.7. The van der Waals surface area contributed by atoms with Crippen LogP contribution in [0.2, 0.25) is 10.0 Å². The van der Waals surface area contributed by atoms with Crippen molar-refractivity contribution in [3.8, 4) is 17.5 Å². The summed E-state index contributed by atoms with van der Waals surface area (Å²) in [5.41, 5.74) is 1.33. The van der Waals surface area contributed by atoms with Gasteiger partial charge in [0.05, 0.1) is 34.3 Å². The molecule has 0 radical (unpaired) electrons. The molecule has 2 heterocycles. The minimum Gasteiger partial charge on any atom is -0.362 e. The van der Waals surface area contributed by atoms with Crippen LogP contribution in [0.1, 0.15) is 43.7 Å². The fraction of sp³-hybridized carbons (Fsp3) is 0.448. The summed E-state index contributed by atoms with van der Waals surface area (Å²) in [6.45, 7) is 8.96. The van der Waals surface area contributed by atoms with Gasteiger partial charge in [0.2, 0.25) is 11.1 Å². The van der Waals surface area contributed by atoms with E-state index in [1.165, 1.54) is 35.2 Å². The molecule has 0 bridgehead atoms. The minimum atomic E-state index is -0.768. The maximum absolute atomic E-state index is 15.1. The maximum Gasteiger partial charge on any atom is 0.234 e. The molecule has 1 aliphatic carbocycles. The van der Waals surface area contributed by atoms with Gasteiger partial charge in [-0.1, -0.05) is 52.9 Å². The van der Waals surface area contributed by atoms with Crippen molar-refractivity contribution in [3.05, 3.63) is 57.3 Å². The predicted molar refractivity (Wildman–Crippen MR) is 163 cm³/mol. The van der Waals surface area contributed by atoms with Crippen molar-refractivity contribution in [1.82, 2.24) is 30.4 Å². The highest BCUT2D eigenvalue weighted by atomic mass is 35.5. The standard InChI is InChI=1S/C29H32Cl2FN7O2S/c1-29(2,41-16-15-38-13-11-33-12-14-38)10-9-20-5-7-23(26(31)27(20)32)34-25(40)18-42-28-35-36-37-39(28)24-8-6-21(17-22(24)30)19-3-4-19/h5-8,17,19,33H,3-4,11-16,18H2,1-2H3,(H,34,40). The number of tetrazole rings is 1. The van der Waals surface area contributed by atoms with E-state index in [1.54, 1.807) is 0 Å². The van der Waals surface area contributed by atoms with Crippen molar-refractivity contribution in [2.75, 3.05) is 50.4 Å². The molecule has 0 atom stereocenters. The monoisotopic (exact) mass is 631 g/mol. The van der Waals surface area contributed by atoms with Crippen LogP contribution in [0, 0.1) is 17.7 Å². The van der Waals surface area contributed by atoms with Gasteiger partial charge in [-0.3, -0.25) is 9.69 Å². The van der Waals surface area contributed by atoms with E-state index >= 15 is 4.39 Å². The summed E-state index contributed by atoms with van der Waals surface area (Å²) in [6, 6.07) is 8.85. The number of piperazine rings is 1. The van der Waals surface area contributed by atoms with Crippen LogP contribution in [0.5, 0.6) is 0 Å². The Hall–Kier alpha value is -2.72. The Balaban J connectivity index is 1.16. The molecule has 2 aliphatic rings. The van der Waals surface area contributed by atoms with Gasteiger partial charge < -0.3 is 15.4 Å². The van der Waals surface area contributed by atoms with E-state index in [0.717, 1.165) is 44.5 Å². The first-order valence-electron chi connectivity index (χ1n) is 13.8. The van der Waals surface area contributed by atoms with Gasteiger partial charge >= 0.3 is 0 Å². The number of hydrogen-bond donors (Lipinski definition) is 2. The first-order valence-corrected chi connectivity index (χ1v) is 15.5. The Labute approximate surface area is 258 Å². The molecule has 42 heavy (non-hydrogen) atoms. The maximum atomic E-state index is 15.1. The molecule has 1 saturated heterocycles. The van der Waals surface area contributed by atoms with Crippen molar-refractivity contribution in [3.63, 3.8) is 0 Å². The molecule has 2 aromatic carbocycles. The highest BCUT2D eigenvalue weighted by Gasteiger charge is 2.25. The van der Waals surface area contributed by atoms with Crippen molar-refractivity contribution < 1.29 is 13.9 Å². The molecule has 1 aromatic heterocycles. The normalized spacial score (nSPS) is 15.7. The quantitative estimate of drug-likeness (QED) is 0.244. The fourth-order valence-corrected chi connectivity index (χ4v) is 5.63. The third-order valence-corrected chi connectivity index (χ3v) is 8.55. The highest BCUT2D eigenvalue weighted by Crippen LogP contribution is 2.41. The molecule has 1 amide bonds. The van der Waals surface area contributed by atoms with E-state index in [2.05, 4.69) is 42.9 Å². The Kier molecular flexibility index (Phi) is 10.0. The number of rotatable bonds is 10. The first-order chi connectivity index (χ1) is 20.2. The van der Waals surface area contributed by atoms with Gasteiger partial charge in [-0.15, -0.1) is 5.10 Å². The Morgan fingerprint density at radius 1 is 1.24 bits per heavy atom. The van der Waals surface area contributed by atoms with Crippen LogP contribution in [-0.4, -0.2) is 81.7 Å². The number of nitrogens with one attached hydrogen (secondary N) is 2. The van der Waals surface area contributed by atoms with E-state index in [0.29, 0.717) is 28.4 Å². The van der Waals surface area contributed by atoms with E-state index < -0.39 is 17.3 Å². The van der Waals surface area contributed by atoms with Crippen molar-refractivity contribution in [2.45, 2.75) is 43.4 Å². The van der Waals surface area contributed by atoms with Gasteiger partial charge in [0, 0.05) is 32.7 Å². The molecule has 9 nitrogen and oxygen atoms in total. The van der Waals surface area contributed by atoms with E-state index in [-0.39, 0.29) is 22.0 Å². The molecular weight excluding hydrogens is 600 g/mol. The van der Waals surface area contributed by atoms with Crippen molar-refractivity contribution in [2.24, 2.45) is 0 Å². The van der Waals surface area contributed by atoms with Crippen molar-refractivity contribution >= 4 is 46.6 Å². The molecule has 2 fully saturated rings. The number of anilines is 1. The topological polar surface area (TPSA) is 97.2 Å². The Morgan fingerprint density at radius 2 is 2.02 bits per heavy atom. The SMILES string of the molecule is CC(C)(C#Cc1ccc(NC(=O)CSc2nnnn2-c2ccc(C3CC3)cc2Cl)c(Cl)c1F)OCCN1CCNCC1. The van der Waals surface area contributed by atoms with E-state index in [1.807, 2.05) is 32.0 Å². The zero-order valence-corrected chi connectivity index (χ0v) is 25.8. The molecule has 0 spiro atoms. The lowest BCUT2D eigenvalue weighted by Gasteiger charge is -2.28. The Morgan fingerprint density at radius 3 is 2.76 bits per heavy atom. The Bertz CT molecular complexity index is 1500. The number of hydrogen-bond acceptors (Lipinski definition) is 8. The number of carbonyl (C=O) groups excluding carboxylic acids is 1. The molecule has 0 unspecified atom stereocenters. The summed E-state index contributed by atoms with van der Waals surface area (Å²) in [6.07, 6.45) is 2.34. The second-order valence-corrected chi connectivity index (χ2v) is 12.4. The van der Waals surface area contributed by atoms with Crippen LogP contribution < -0.4 is 10.6 Å². The number of benzene rings is 2. The molecule has 1 aliphatic heterocycles. The average Bonchev–Trinajstić information content (AvgIpc) is 3.72. The molecule has 3 aromatic rings. The van der Waals surface area contributed by atoms with Gasteiger partial charge in [-0.25, -0.2) is 4.39 Å². The summed E-state index contributed by atoms with van der Waals surface area (Å²) in [5.74, 6) is 5.25. The average molecular weight is 633 g/mol. The minimum absolute atomic E-state index is 0.0306. The van der Waals surface area contributed by atoms with Crippen LogP contribution >= 0.6 is 35.0 Å². The van der Waals surface area contributed by atoms with Crippen LogP contribution in [0.3, 0.4) is 0 Å². The summed E-state index contributed by atoms with van der Waals surface area (Å²) in [7, 11) is 0. The van der Waals surface area contributed by atoms with Gasteiger partial charge in [0.25, 0.3) is 0 Å². The van der Waals surface area contributed by atoms with Crippen LogP contribution in [-0.2, 0) is 9.53 Å². The number of amides is 1. The first kappa shape index (κ1) is 30.7. The summed E-state index contributed by atoms with van der Waals surface area (Å²) in [5, 5.41) is 18.5. The van der Waals surface area contributed by atoms with Crippen molar-refractivity contribution in [1.29, 1.82) is 0 Å². The largest absolute Gasteiger partial charge is 0.362 e. The van der Waals surface area contributed by atoms with Gasteiger partial charge in [-0.2, -0.15) is 4.68 Å². The fourth-order valence-electron chi connectivity index (χ4n) is 4.46. The van der Waals surface area contributed by atoms with E-state index in [9.17, 15) is 4.79 Å². The van der Waals surface area contributed by atoms with Gasteiger partial charge in [0.15, 0.2) is 5.82 Å². The summed E-state index contributed by atoms with van der Waals surface area (Å²) >= 11 is 13.9. The zero-order valence-electron chi connectivity index (χ0n) is 23.4. The molecule has 1 saturated carbocycles. The number of carbonyl (C=O) groups is 1. The van der Waals surface area contributed by atoms with Crippen LogP contribution in [0.25, 0.3) is 5.69 Å². The molecule has 13 heteroatoms. The molecule has 5 rings (SSSR count).